The van der Waals surface area contributed by atoms with Gasteiger partial charge in [-0.25, -0.2) is 19.9 Å². The van der Waals surface area contributed by atoms with Crippen LogP contribution >= 0.6 is 0 Å². The average molecular weight is 796 g/mol. The van der Waals surface area contributed by atoms with Crippen LogP contribution in [0.2, 0.25) is 0 Å². The minimum absolute atomic E-state index is 0.0246. The molecule has 10 rings (SSSR count). The van der Waals surface area contributed by atoms with E-state index in [1.54, 1.807) is 0 Å². The van der Waals surface area contributed by atoms with E-state index in [-0.39, 0.29) is 5.41 Å². The van der Waals surface area contributed by atoms with Gasteiger partial charge in [-0.2, -0.15) is 0 Å². The Morgan fingerprint density at radius 3 is 1.82 bits per heavy atom. The van der Waals surface area contributed by atoms with Gasteiger partial charge in [0.2, 0.25) is 0 Å². The molecule has 0 aliphatic carbocycles. The zero-order valence-electron chi connectivity index (χ0n) is 35.8. The second kappa shape index (κ2) is 14.9. The first-order chi connectivity index (χ1) is 29.5. The van der Waals surface area contributed by atoms with Crippen molar-refractivity contribution >= 4 is 44.6 Å². The third-order valence-corrected chi connectivity index (χ3v) is 12.2. The number of anilines is 4. The van der Waals surface area contributed by atoms with Crippen LogP contribution in [0.3, 0.4) is 0 Å². The summed E-state index contributed by atoms with van der Waals surface area (Å²) in [6.07, 6.45) is 1.92. The Bertz CT molecular complexity index is 3100. The predicted molar refractivity (Wildman–Crippen MR) is 253 cm³/mol. The molecule has 1 aliphatic rings. The third kappa shape index (κ3) is 6.90. The number of nitrogens with zero attached hydrogens (tertiary/aromatic N) is 7. The van der Waals surface area contributed by atoms with Gasteiger partial charge < -0.3 is 9.80 Å². The fourth-order valence-corrected chi connectivity index (χ4v) is 8.52. The molecule has 300 valence electrons. The van der Waals surface area contributed by atoms with Gasteiger partial charge in [-0.3, -0.25) is 4.57 Å². The molecule has 6 aromatic carbocycles. The van der Waals surface area contributed by atoms with Gasteiger partial charge in [-0.15, -0.1) is 0 Å². The molecular formula is C54H49N7. The molecular weight excluding hydrogens is 747 g/mol. The number of rotatable bonds is 7. The molecule has 9 aromatic rings. The molecule has 0 N–H and O–H groups in total. The predicted octanol–water partition coefficient (Wildman–Crippen LogP) is 13.6. The Labute approximate surface area is 358 Å². The highest BCUT2D eigenvalue weighted by Gasteiger charge is 2.29. The number of para-hydroxylation sites is 1. The van der Waals surface area contributed by atoms with E-state index in [1.807, 2.05) is 24.4 Å². The number of pyridine rings is 1. The van der Waals surface area contributed by atoms with Crippen LogP contribution in [0.1, 0.15) is 62.8 Å². The van der Waals surface area contributed by atoms with Crippen molar-refractivity contribution in [1.82, 2.24) is 24.5 Å². The van der Waals surface area contributed by atoms with Gasteiger partial charge in [-0.05, 0) is 108 Å². The van der Waals surface area contributed by atoms with E-state index in [2.05, 4.69) is 190 Å². The van der Waals surface area contributed by atoms with E-state index in [9.17, 15) is 0 Å². The van der Waals surface area contributed by atoms with E-state index in [1.165, 1.54) is 44.7 Å². The van der Waals surface area contributed by atoms with Gasteiger partial charge in [0.1, 0.15) is 12.5 Å². The van der Waals surface area contributed by atoms with Crippen molar-refractivity contribution in [2.45, 2.75) is 59.8 Å². The normalized spacial score (nSPS) is 12.9. The summed E-state index contributed by atoms with van der Waals surface area (Å²) >= 11 is 0. The molecule has 0 bridgehead atoms. The minimum Gasteiger partial charge on any atom is -0.321 e. The molecule has 0 saturated heterocycles. The highest BCUT2D eigenvalue weighted by molar-refractivity contribution is 6.10. The molecule has 61 heavy (non-hydrogen) atoms. The van der Waals surface area contributed by atoms with Crippen LogP contribution in [0.5, 0.6) is 0 Å². The lowest BCUT2D eigenvalue weighted by atomic mass is 9.88. The summed E-state index contributed by atoms with van der Waals surface area (Å²) in [6, 6.07) is 51.9. The number of hydrogen-bond donors (Lipinski definition) is 0. The van der Waals surface area contributed by atoms with Gasteiger partial charge >= 0.3 is 0 Å². The van der Waals surface area contributed by atoms with E-state index in [0.717, 1.165) is 44.6 Å². The Kier molecular flexibility index (Phi) is 9.28. The van der Waals surface area contributed by atoms with Gasteiger partial charge in [-0.1, -0.05) is 120 Å². The molecule has 0 atom stereocenters. The molecule has 3 aromatic heterocycles. The highest BCUT2D eigenvalue weighted by Crippen LogP contribution is 2.46. The van der Waals surface area contributed by atoms with Gasteiger partial charge in [0, 0.05) is 45.0 Å². The lowest BCUT2D eigenvalue weighted by molar-refractivity contribution is 0.588. The lowest BCUT2D eigenvalue weighted by Crippen LogP contribution is -2.24. The maximum atomic E-state index is 5.26. The quantitative estimate of drug-likeness (QED) is 0.160. The molecule has 0 fully saturated rings. The van der Waals surface area contributed by atoms with E-state index in [4.69, 9.17) is 19.9 Å². The molecule has 0 unspecified atom stereocenters. The number of hydrogen-bond acceptors (Lipinski definition) is 6. The monoisotopic (exact) mass is 795 g/mol. The zero-order valence-corrected chi connectivity index (χ0v) is 35.8. The maximum Gasteiger partial charge on any atom is 0.164 e. The van der Waals surface area contributed by atoms with Crippen LogP contribution in [0.15, 0.2) is 152 Å². The largest absolute Gasteiger partial charge is 0.321 e. The fourth-order valence-electron chi connectivity index (χ4n) is 8.52. The molecule has 1 aliphatic heterocycles. The van der Waals surface area contributed by atoms with Gasteiger partial charge in [0.15, 0.2) is 17.5 Å². The van der Waals surface area contributed by atoms with E-state index in [0.29, 0.717) is 30.1 Å². The number of benzene rings is 6. The Morgan fingerprint density at radius 2 is 1.13 bits per heavy atom. The van der Waals surface area contributed by atoms with Gasteiger partial charge in [0.05, 0.1) is 22.4 Å². The molecule has 7 heteroatoms. The van der Waals surface area contributed by atoms with Crippen LogP contribution in [-0.4, -0.2) is 31.2 Å². The molecule has 0 saturated carbocycles. The highest BCUT2D eigenvalue weighted by atomic mass is 15.4. The van der Waals surface area contributed by atoms with E-state index >= 15 is 0 Å². The minimum atomic E-state index is -0.0246. The SMILES string of the molecule is Cc1cc2c(cc1C)N(c1cccc(-c3nc(-c4ccccc4)nc(-c4ccc5c6ccccc6n(-c6cc(C(C)(C)C)ccn6)c5c4)n3)c1)CN2c1ccc(C(C)C)cc1. The van der Waals surface area contributed by atoms with Crippen LogP contribution in [0, 0.1) is 13.8 Å². The molecule has 0 spiro atoms. The third-order valence-electron chi connectivity index (χ3n) is 12.2. The summed E-state index contributed by atoms with van der Waals surface area (Å²) in [4.78, 5) is 25.3. The summed E-state index contributed by atoms with van der Waals surface area (Å²) < 4.78 is 2.27. The van der Waals surface area contributed by atoms with Crippen molar-refractivity contribution < 1.29 is 0 Å². The summed E-state index contributed by atoms with van der Waals surface area (Å²) in [5.41, 5.74) is 14.6. The lowest BCUT2D eigenvalue weighted by Gasteiger charge is -2.23. The zero-order chi connectivity index (χ0) is 42.0. The number of fused-ring (bicyclic) bond motifs is 4. The van der Waals surface area contributed by atoms with E-state index < -0.39 is 0 Å². The van der Waals surface area contributed by atoms with Crippen LogP contribution in [0.4, 0.5) is 22.7 Å². The maximum absolute atomic E-state index is 5.26. The Morgan fingerprint density at radius 1 is 0.525 bits per heavy atom. The summed E-state index contributed by atoms with van der Waals surface area (Å²) in [6.45, 7) is 16.3. The molecule has 0 radical (unpaired) electrons. The van der Waals surface area contributed by atoms with Crippen LogP contribution in [0.25, 0.3) is 61.8 Å². The summed E-state index contributed by atoms with van der Waals surface area (Å²) in [5.74, 6) is 3.21. The van der Waals surface area contributed by atoms with Crippen molar-refractivity contribution in [2.24, 2.45) is 0 Å². The van der Waals surface area contributed by atoms with Crippen LogP contribution in [-0.2, 0) is 5.41 Å². The smallest absolute Gasteiger partial charge is 0.164 e. The van der Waals surface area contributed by atoms with Gasteiger partial charge in [0.25, 0.3) is 0 Å². The van der Waals surface area contributed by atoms with Crippen molar-refractivity contribution in [1.29, 1.82) is 0 Å². The van der Waals surface area contributed by atoms with Crippen molar-refractivity contribution in [3.05, 3.63) is 174 Å². The Hall–Kier alpha value is -7.12. The first kappa shape index (κ1) is 38.1. The molecule has 7 nitrogen and oxygen atoms in total. The number of aromatic nitrogens is 5. The summed E-state index contributed by atoms with van der Waals surface area (Å²) in [7, 11) is 0. The second-order valence-electron chi connectivity index (χ2n) is 17.6. The fraction of sp³-hybridized carbons (Fsp3) is 0.185. The first-order valence-corrected chi connectivity index (χ1v) is 21.2. The van der Waals surface area contributed by atoms with Crippen molar-refractivity contribution in [3.63, 3.8) is 0 Å². The topological polar surface area (TPSA) is 63.0 Å². The van der Waals surface area contributed by atoms with Crippen LogP contribution < -0.4 is 9.80 Å². The summed E-state index contributed by atoms with van der Waals surface area (Å²) in [5, 5.41) is 2.32. The standard InChI is InChI=1S/C54H49N7/c1-34(2)37-20-23-42(24-21-37)59-33-60(49-29-36(4)35(3)28-48(49)59)43-17-13-16-39(30-43)52-56-51(38-14-9-8-10-15-38)57-53(58-52)40-22-25-45-44-18-11-12-19-46(44)61(47(45)31-40)50-32-41(26-27-55-50)54(5,6)7/h8-32,34H,33H2,1-7H3. The average Bonchev–Trinajstić information content (AvgIpc) is 3.81. The Balaban J connectivity index is 1.10. The molecule has 4 heterocycles. The molecule has 0 amide bonds. The van der Waals surface area contributed by atoms with Crippen molar-refractivity contribution in [3.8, 4) is 40.0 Å². The van der Waals surface area contributed by atoms with Crippen molar-refractivity contribution in [2.75, 3.05) is 16.5 Å². The number of aryl methyl sites for hydroxylation is 2. The first-order valence-electron chi connectivity index (χ1n) is 21.2. The second-order valence-corrected chi connectivity index (χ2v) is 17.6.